The second kappa shape index (κ2) is 4.84. The lowest BCUT2D eigenvalue weighted by molar-refractivity contribution is 0.389. The van der Waals surface area contributed by atoms with Gasteiger partial charge in [0.1, 0.15) is 17.2 Å². The molecule has 0 saturated carbocycles. The maximum absolute atomic E-state index is 6.09. The van der Waals surface area contributed by atoms with E-state index in [4.69, 9.17) is 15.2 Å². The van der Waals surface area contributed by atoms with Gasteiger partial charge in [0, 0.05) is 11.6 Å². The molecule has 0 spiro atoms. The van der Waals surface area contributed by atoms with Crippen LogP contribution in [0.15, 0.2) is 24.4 Å². The predicted octanol–water partition coefficient (Wildman–Crippen LogP) is 0.870. The van der Waals surface area contributed by atoms with Gasteiger partial charge in [-0.05, 0) is 12.1 Å². The smallest absolute Gasteiger partial charge is 0.127 e. The van der Waals surface area contributed by atoms with E-state index in [0.29, 0.717) is 11.4 Å². The van der Waals surface area contributed by atoms with Crippen LogP contribution in [0.1, 0.15) is 17.3 Å². The van der Waals surface area contributed by atoms with E-state index in [1.807, 2.05) is 12.1 Å². The summed E-state index contributed by atoms with van der Waals surface area (Å²) in [5.41, 5.74) is 7.58. The topological polar surface area (TPSA) is 86.0 Å². The lowest BCUT2D eigenvalue weighted by Crippen LogP contribution is -2.13. The highest BCUT2D eigenvalue weighted by molar-refractivity contribution is 5.44. The quantitative estimate of drug-likeness (QED) is 0.819. The molecule has 0 amide bonds. The summed E-state index contributed by atoms with van der Waals surface area (Å²) in [5.74, 6) is 1.39. The van der Waals surface area contributed by atoms with Crippen LogP contribution in [0.25, 0.3) is 0 Å². The number of methoxy groups -OCH3 is 2. The van der Waals surface area contributed by atoms with Gasteiger partial charge in [0.25, 0.3) is 0 Å². The van der Waals surface area contributed by atoms with E-state index in [1.165, 1.54) is 0 Å². The summed E-state index contributed by atoms with van der Waals surface area (Å²) in [6, 6.07) is 5.10. The zero-order valence-corrected chi connectivity index (χ0v) is 9.68. The van der Waals surface area contributed by atoms with Crippen molar-refractivity contribution < 1.29 is 9.47 Å². The SMILES string of the molecule is COc1ccc(C(N)c2cn[nH]n2)c(OC)c1. The number of nitrogens with two attached hydrogens (primary N) is 1. The van der Waals surface area contributed by atoms with Gasteiger partial charge in [-0.3, -0.25) is 0 Å². The number of H-pyrrole nitrogens is 1. The second-order valence-electron chi connectivity index (χ2n) is 3.48. The third kappa shape index (κ3) is 2.21. The summed E-state index contributed by atoms with van der Waals surface area (Å²) in [6.45, 7) is 0. The standard InChI is InChI=1S/C11H14N4O2/c1-16-7-3-4-8(10(5-7)17-2)11(12)9-6-13-15-14-9/h3-6,11H,12H2,1-2H3,(H,13,14,15). The molecule has 6 heteroatoms. The van der Waals surface area contributed by atoms with E-state index >= 15 is 0 Å². The number of nitrogens with one attached hydrogen (secondary N) is 1. The molecule has 0 fully saturated rings. The molecule has 0 saturated heterocycles. The third-order valence-electron chi connectivity index (χ3n) is 2.53. The minimum atomic E-state index is -0.380. The Hall–Kier alpha value is -2.08. The lowest BCUT2D eigenvalue weighted by Gasteiger charge is -2.14. The van der Waals surface area contributed by atoms with Crippen molar-refractivity contribution in [3.63, 3.8) is 0 Å². The first-order chi connectivity index (χ1) is 8.26. The summed E-state index contributed by atoms with van der Waals surface area (Å²) in [5, 5.41) is 10.2. The number of nitrogens with zero attached hydrogens (tertiary/aromatic N) is 2. The van der Waals surface area contributed by atoms with E-state index in [0.717, 1.165) is 11.3 Å². The molecule has 0 bridgehead atoms. The van der Waals surface area contributed by atoms with Crippen molar-refractivity contribution >= 4 is 0 Å². The Balaban J connectivity index is 2.38. The van der Waals surface area contributed by atoms with Crippen molar-refractivity contribution in [3.8, 4) is 11.5 Å². The summed E-state index contributed by atoms with van der Waals surface area (Å²) >= 11 is 0. The van der Waals surface area contributed by atoms with Gasteiger partial charge < -0.3 is 15.2 Å². The number of hydrogen-bond donors (Lipinski definition) is 2. The molecule has 1 aromatic carbocycles. The largest absolute Gasteiger partial charge is 0.497 e. The Morgan fingerprint density at radius 1 is 1.29 bits per heavy atom. The van der Waals surface area contributed by atoms with E-state index in [9.17, 15) is 0 Å². The Labute approximate surface area is 98.7 Å². The number of rotatable bonds is 4. The van der Waals surface area contributed by atoms with Crippen molar-refractivity contribution in [1.29, 1.82) is 0 Å². The lowest BCUT2D eigenvalue weighted by atomic mass is 10.0. The second-order valence-corrected chi connectivity index (χ2v) is 3.48. The van der Waals surface area contributed by atoms with Crippen LogP contribution in [0.5, 0.6) is 11.5 Å². The van der Waals surface area contributed by atoms with Crippen LogP contribution in [0.4, 0.5) is 0 Å². The molecule has 0 radical (unpaired) electrons. The van der Waals surface area contributed by atoms with Crippen LogP contribution in [0.2, 0.25) is 0 Å². The molecule has 1 aromatic heterocycles. The normalized spacial score (nSPS) is 12.2. The van der Waals surface area contributed by atoms with E-state index in [1.54, 1.807) is 26.5 Å². The fraction of sp³-hybridized carbons (Fsp3) is 0.273. The van der Waals surface area contributed by atoms with Gasteiger partial charge in [-0.15, -0.1) is 0 Å². The number of hydrogen-bond acceptors (Lipinski definition) is 5. The summed E-state index contributed by atoms with van der Waals surface area (Å²) in [6.07, 6.45) is 1.59. The molecule has 0 aliphatic rings. The molecular weight excluding hydrogens is 220 g/mol. The van der Waals surface area contributed by atoms with Gasteiger partial charge in [-0.25, -0.2) is 0 Å². The fourth-order valence-electron chi connectivity index (χ4n) is 1.60. The maximum Gasteiger partial charge on any atom is 0.127 e. The van der Waals surface area contributed by atoms with Crippen LogP contribution in [-0.2, 0) is 0 Å². The first-order valence-electron chi connectivity index (χ1n) is 5.09. The van der Waals surface area contributed by atoms with Gasteiger partial charge in [-0.2, -0.15) is 15.4 Å². The number of ether oxygens (including phenoxy) is 2. The Bertz CT molecular complexity index is 484. The summed E-state index contributed by atoms with van der Waals surface area (Å²) in [4.78, 5) is 0. The van der Waals surface area contributed by atoms with Gasteiger partial charge in [0.2, 0.25) is 0 Å². The first kappa shape index (κ1) is 11.4. The Kier molecular flexibility index (Phi) is 3.24. The maximum atomic E-state index is 6.09. The van der Waals surface area contributed by atoms with E-state index in [-0.39, 0.29) is 6.04 Å². The zero-order valence-electron chi connectivity index (χ0n) is 9.68. The number of aromatic amines is 1. The highest BCUT2D eigenvalue weighted by atomic mass is 16.5. The van der Waals surface area contributed by atoms with E-state index in [2.05, 4.69) is 15.4 Å². The van der Waals surface area contributed by atoms with Crippen molar-refractivity contribution in [2.45, 2.75) is 6.04 Å². The molecule has 2 aromatic rings. The fourth-order valence-corrected chi connectivity index (χ4v) is 1.60. The molecule has 90 valence electrons. The molecule has 1 atom stereocenters. The molecule has 1 unspecified atom stereocenters. The highest BCUT2D eigenvalue weighted by Gasteiger charge is 2.16. The van der Waals surface area contributed by atoms with Crippen LogP contribution in [-0.4, -0.2) is 29.6 Å². The molecular formula is C11H14N4O2. The van der Waals surface area contributed by atoms with Crippen LogP contribution in [0.3, 0.4) is 0 Å². The number of aromatic nitrogens is 3. The van der Waals surface area contributed by atoms with Crippen LogP contribution < -0.4 is 15.2 Å². The van der Waals surface area contributed by atoms with Crippen LogP contribution in [0, 0.1) is 0 Å². The molecule has 3 N–H and O–H groups in total. The molecule has 0 aliphatic heterocycles. The third-order valence-corrected chi connectivity index (χ3v) is 2.53. The van der Waals surface area contributed by atoms with Crippen LogP contribution >= 0.6 is 0 Å². The predicted molar refractivity (Wildman–Crippen MR) is 62.0 cm³/mol. The highest BCUT2D eigenvalue weighted by Crippen LogP contribution is 2.30. The Morgan fingerprint density at radius 3 is 2.71 bits per heavy atom. The van der Waals surface area contributed by atoms with Gasteiger partial charge >= 0.3 is 0 Å². The van der Waals surface area contributed by atoms with E-state index < -0.39 is 0 Å². The zero-order chi connectivity index (χ0) is 12.3. The first-order valence-corrected chi connectivity index (χ1v) is 5.09. The Morgan fingerprint density at radius 2 is 2.12 bits per heavy atom. The van der Waals surface area contributed by atoms with Crippen molar-refractivity contribution in [2.24, 2.45) is 5.73 Å². The van der Waals surface area contributed by atoms with Crippen molar-refractivity contribution in [2.75, 3.05) is 14.2 Å². The molecule has 17 heavy (non-hydrogen) atoms. The van der Waals surface area contributed by atoms with Gasteiger partial charge in [0.15, 0.2) is 0 Å². The monoisotopic (exact) mass is 234 g/mol. The van der Waals surface area contributed by atoms with Crippen molar-refractivity contribution in [3.05, 3.63) is 35.7 Å². The number of benzene rings is 1. The molecule has 1 heterocycles. The summed E-state index contributed by atoms with van der Waals surface area (Å²) in [7, 11) is 3.19. The van der Waals surface area contributed by atoms with Gasteiger partial charge in [-0.1, -0.05) is 0 Å². The minimum Gasteiger partial charge on any atom is -0.497 e. The van der Waals surface area contributed by atoms with Crippen molar-refractivity contribution in [1.82, 2.24) is 15.4 Å². The molecule has 0 aliphatic carbocycles. The van der Waals surface area contributed by atoms with Gasteiger partial charge in [0.05, 0.1) is 26.5 Å². The summed E-state index contributed by atoms with van der Waals surface area (Å²) < 4.78 is 10.4. The molecule has 6 nitrogen and oxygen atoms in total. The minimum absolute atomic E-state index is 0.380. The average molecular weight is 234 g/mol. The average Bonchev–Trinajstić information content (AvgIpc) is 2.91. The molecule has 2 rings (SSSR count).